The third-order valence-corrected chi connectivity index (χ3v) is 4.11. The zero-order valence-electron chi connectivity index (χ0n) is 10.9. The smallest absolute Gasteiger partial charge is 0.125 e. The highest BCUT2D eigenvalue weighted by atomic mass is 35.5. The summed E-state index contributed by atoms with van der Waals surface area (Å²) in [5.74, 6) is 1.08. The molecule has 2 heterocycles. The predicted molar refractivity (Wildman–Crippen MR) is 80.1 cm³/mol. The summed E-state index contributed by atoms with van der Waals surface area (Å²) in [6.07, 6.45) is 0.654. The molecule has 0 spiro atoms. The van der Waals surface area contributed by atoms with Gasteiger partial charge in [0.1, 0.15) is 11.6 Å². The van der Waals surface area contributed by atoms with Gasteiger partial charge in [-0.2, -0.15) is 0 Å². The lowest BCUT2D eigenvalue weighted by Gasteiger charge is -2.06. The van der Waals surface area contributed by atoms with E-state index in [1.807, 2.05) is 12.3 Å². The minimum atomic E-state index is -0.274. The van der Waals surface area contributed by atoms with E-state index in [-0.39, 0.29) is 5.82 Å². The second-order valence-electron chi connectivity index (χ2n) is 4.54. The second-order valence-corrected chi connectivity index (χ2v) is 5.98. The van der Waals surface area contributed by atoms with Crippen molar-refractivity contribution in [1.29, 1.82) is 0 Å². The van der Waals surface area contributed by atoms with Gasteiger partial charge in [0.15, 0.2) is 0 Å². The third kappa shape index (κ3) is 2.55. The number of thiazole rings is 1. The number of aryl methyl sites for hydroxylation is 2. The molecule has 0 fully saturated rings. The number of alkyl halides is 1. The minimum Gasteiger partial charge on any atom is -0.322 e. The first-order valence-electron chi connectivity index (χ1n) is 6.29. The molecular weight excluding hydrogens is 297 g/mol. The molecule has 1 aromatic carbocycles. The van der Waals surface area contributed by atoms with Crippen molar-refractivity contribution < 1.29 is 4.39 Å². The molecule has 0 radical (unpaired) electrons. The fourth-order valence-corrected chi connectivity index (χ4v) is 3.02. The molecule has 3 rings (SSSR count). The van der Waals surface area contributed by atoms with Gasteiger partial charge in [0.2, 0.25) is 0 Å². The van der Waals surface area contributed by atoms with Gasteiger partial charge in [0.25, 0.3) is 0 Å². The van der Waals surface area contributed by atoms with E-state index in [0.29, 0.717) is 24.4 Å². The summed E-state index contributed by atoms with van der Waals surface area (Å²) < 4.78 is 15.4. The lowest BCUT2D eigenvalue weighted by Crippen LogP contribution is -2.06. The molecule has 0 saturated heterocycles. The number of aromatic nitrogens is 3. The van der Waals surface area contributed by atoms with Crippen LogP contribution < -0.4 is 0 Å². The number of fused-ring (bicyclic) bond motifs is 1. The Morgan fingerprint density at radius 2 is 2.20 bits per heavy atom. The zero-order chi connectivity index (χ0) is 14.1. The normalized spacial score (nSPS) is 11.3. The van der Waals surface area contributed by atoms with Crippen molar-refractivity contribution >= 4 is 34.0 Å². The fourth-order valence-electron chi connectivity index (χ4n) is 2.25. The van der Waals surface area contributed by atoms with Crippen molar-refractivity contribution in [2.75, 3.05) is 5.88 Å². The van der Waals surface area contributed by atoms with Gasteiger partial charge in [-0.05, 0) is 19.1 Å². The first-order valence-corrected chi connectivity index (χ1v) is 7.70. The fraction of sp³-hybridized carbons (Fsp3) is 0.286. The molecule has 0 amide bonds. The van der Waals surface area contributed by atoms with E-state index >= 15 is 0 Å². The summed E-state index contributed by atoms with van der Waals surface area (Å²) in [5, 5.41) is 3.07. The molecule has 0 atom stereocenters. The van der Waals surface area contributed by atoms with E-state index in [1.54, 1.807) is 17.4 Å². The van der Waals surface area contributed by atoms with E-state index in [0.717, 1.165) is 22.0 Å². The monoisotopic (exact) mass is 309 g/mol. The molecule has 0 bridgehead atoms. The number of hydrogen-bond donors (Lipinski definition) is 0. The summed E-state index contributed by atoms with van der Waals surface area (Å²) >= 11 is 7.46. The Bertz CT molecular complexity index is 750. The second kappa shape index (κ2) is 5.50. The molecular formula is C14H13ClFN3S. The maximum atomic E-state index is 13.3. The van der Waals surface area contributed by atoms with Crippen LogP contribution in [0.15, 0.2) is 23.6 Å². The highest BCUT2D eigenvalue weighted by Crippen LogP contribution is 2.20. The van der Waals surface area contributed by atoms with Gasteiger partial charge in [-0.3, -0.25) is 0 Å². The molecule has 0 unspecified atom stereocenters. The van der Waals surface area contributed by atoms with Crippen LogP contribution in [-0.2, 0) is 13.0 Å². The van der Waals surface area contributed by atoms with Crippen LogP contribution in [0.4, 0.5) is 4.39 Å². The summed E-state index contributed by atoms with van der Waals surface area (Å²) in [4.78, 5) is 8.95. The van der Waals surface area contributed by atoms with Gasteiger partial charge in [0, 0.05) is 23.7 Å². The van der Waals surface area contributed by atoms with Crippen molar-refractivity contribution in [3.05, 3.63) is 45.9 Å². The zero-order valence-corrected chi connectivity index (χ0v) is 12.5. The number of hydrogen-bond acceptors (Lipinski definition) is 3. The van der Waals surface area contributed by atoms with E-state index < -0.39 is 0 Å². The Balaban J connectivity index is 2.08. The van der Waals surface area contributed by atoms with Crippen LogP contribution in [0.3, 0.4) is 0 Å². The van der Waals surface area contributed by atoms with Crippen molar-refractivity contribution in [2.45, 2.75) is 19.9 Å². The van der Waals surface area contributed by atoms with Gasteiger partial charge >= 0.3 is 0 Å². The van der Waals surface area contributed by atoms with Crippen LogP contribution in [0.1, 0.15) is 16.5 Å². The average Bonchev–Trinajstić information content (AvgIpc) is 2.95. The van der Waals surface area contributed by atoms with E-state index in [2.05, 4.69) is 14.5 Å². The van der Waals surface area contributed by atoms with Crippen LogP contribution in [-0.4, -0.2) is 20.4 Å². The largest absolute Gasteiger partial charge is 0.322 e. The van der Waals surface area contributed by atoms with Crippen molar-refractivity contribution in [1.82, 2.24) is 14.5 Å². The van der Waals surface area contributed by atoms with E-state index in [4.69, 9.17) is 11.6 Å². The molecule has 0 aliphatic rings. The van der Waals surface area contributed by atoms with E-state index in [9.17, 15) is 4.39 Å². The maximum Gasteiger partial charge on any atom is 0.125 e. The highest BCUT2D eigenvalue weighted by Gasteiger charge is 2.12. The highest BCUT2D eigenvalue weighted by molar-refractivity contribution is 7.09. The van der Waals surface area contributed by atoms with Gasteiger partial charge in [-0.25, -0.2) is 14.4 Å². The van der Waals surface area contributed by atoms with Crippen LogP contribution in [0, 0.1) is 12.7 Å². The van der Waals surface area contributed by atoms with Gasteiger partial charge in [0.05, 0.1) is 28.3 Å². The lowest BCUT2D eigenvalue weighted by atomic mass is 10.3. The molecule has 0 saturated carbocycles. The first-order chi connectivity index (χ1) is 9.67. The molecule has 3 aromatic rings. The molecule has 3 nitrogen and oxygen atoms in total. The minimum absolute atomic E-state index is 0.274. The standard InChI is InChI=1S/C14H13ClFN3S/c1-9-17-11(8-20-9)7-19-13-3-2-10(16)6-12(13)18-14(19)4-5-15/h2-3,6,8H,4-5,7H2,1H3. The summed E-state index contributed by atoms with van der Waals surface area (Å²) in [7, 11) is 0. The Morgan fingerprint density at radius 3 is 2.90 bits per heavy atom. The van der Waals surface area contributed by atoms with Crippen LogP contribution in [0.25, 0.3) is 11.0 Å². The van der Waals surface area contributed by atoms with Gasteiger partial charge < -0.3 is 4.57 Å². The number of rotatable bonds is 4. The van der Waals surface area contributed by atoms with Crippen LogP contribution in [0.2, 0.25) is 0 Å². The molecule has 0 aliphatic carbocycles. The van der Waals surface area contributed by atoms with Crippen molar-refractivity contribution in [2.24, 2.45) is 0 Å². The average molecular weight is 310 g/mol. The Labute approximate surface area is 125 Å². The molecule has 0 N–H and O–H groups in total. The number of nitrogens with zero attached hydrogens (tertiary/aromatic N) is 3. The van der Waals surface area contributed by atoms with Crippen LogP contribution in [0.5, 0.6) is 0 Å². The molecule has 2 aromatic heterocycles. The Hall–Kier alpha value is -1.46. The quantitative estimate of drug-likeness (QED) is 0.687. The van der Waals surface area contributed by atoms with Crippen LogP contribution >= 0.6 is 22.9 Å². The third-order valence-electron chi connectivity index (χ3n) is 3.09. The molecule has 20 heavy (non-hydrogen) atoms. The summed E-state index contributed by atoms with van der Waals surface area (Å²) in [6.45, 7) is 2.62. The van der Waals surface area contributed by atoms with Gasteiger partial charge in [-0.1, -0.05) is 0 Å². The molecule has 104 valence electrons. The Morgan fingerprint density at radius 1 is 1.35 bits per heavy atom. The number of benzene rings is 1. The summed E-state index contributed by atoms with van der Waals surface area (Å²) in [5.41, 5.74) is 2.57. The summed E-state index contributed by atoms with van der Waals surface area (Å²) in [6, 6.07) is 4.67. The molecule has 0 aliphatic heterocycles. The lowest BCUT2D eigenvalue weighted by molar-refractivity contribution is 0.629. The number of halogens is 2. The topological polar surface area (TPSA) is 30.7 Å². The van der Waals surface area contributed by atoms with E-state index in [1.165, 1.54) is 12.1 Å². The maximum absolute atomic E-state index is 13.3. The van der Waals surface area contributed by atoms with Crippen molar-refractivity contribution in [3.8, 4) is 0 Å². The molecule has 6 heteroatoms. The Kier molecular flexibility index (Phi) is 3.72. The SMILES string of the molecule is Cc1nc(Cn2c(CCCl)nc3cc(F)ccc32)cs1. The van der Waals surface area contributed by atoms with Crippen molar-refractivity contribution in [3.63, 3.8) is 0 Å². The predicted octanol–water partition coefficient (Wildman–Crippen LogP) is 3.77. The van der Waals surface area contributed by atoms with Gasteiger partial charge in [-0.15, -0.1) is 22.9 Å². The first kappa shape index (κ1) is 13.5. The number of imidazole rings is 1.